The zero-order valence-corrected chi connectivity index (χ0v) is 19.3. The number of phenolic OH excluding ortho intramolecular Hbond substituents is 1. The van der Waals surface area contributed by atoms with Gasteiger partial charge >= 0.3 is 0 Å². The predicted molar refractivity (Wildman–Crippen MR) is 132 cm³/mol. The number of aromatic hydroxyl groups is 1. The lowest BCUT2D eigenvalue weighted by Gasteiger charge is -2.14. The molecule has 4 N–H and O–H groups in total. The van der Waals surface area contributed by atoms with Crippen LogP contribution in [0.1, 0.15) is 13.3 Å². The molecule has 1 aromatic heterocycles. The minimum absolute atomic E-state index is 0.00573. The second kappa shape index (κ2) is 9.17. The molecule has 0 aliphatic heterocycles. The minimum atomic E-state index is -3.27. The Hall–Kier alpha value is -3.49. The highest BCUT2D eigenvalue weighted by Gasteiger charge is 2.15. The van der Waals surface area contributed by atoms with Crippen LogP contribution in [0, 0.1) is 0 Å². The molecule has 0 spiro atoms. The molecule has 8 heteroatoms. The Labute approximate surface area is 193 Å². The highest BCUT2D eigenvalue weighted by atomic mass is 32.2. The third-order valence-corrected chi connectivity index (χ3v) is 6.64. The molecule has 1 atom stereocenters. The summed E-state index contributed by atoms with van der Waals surface area (Å²) in [7, 11) is -3.27. The van der Waals surface area contributed by atoms with Crippen molar-refractivity contribution in [2.75, 3.05) is 18.1 Å². The molecule has 1 heterocycles. The van der Waals surface area contributed by atoms with Crippen LogP contribution in [0.4, 0.5) is 5.82 Å². The minimum Gasteiger partial charge on any atom is -0.507 e. The van der Waals surface area contributed by atoms with Gasteiger partial charge in [0.05, 0.1) is 16.0 Å². The molecule has 0 saturated heterocycles. The highest BCUT2D eigenvalue weighted by Crippen LogP contribution is 2.34. The number of benzene rings is 3. The number of anilines is 1. The Balaban J connectivity index is 1.78. The Morgan fingerprint density at radius 2 is 1.70 bits per heavy atom. The SMILES string of the molecule is CCC(N)CNc1nc(-c2cc(-c3ccc(S(C)(=O)=O)cc3)ccc2O)nc2ccccc12. The predicted octanol–water partition coefficient (Wildman–Crippen LogP) is 4.22. The van der Waals surface area contributed by atoms with E-state index in [1.54, 1.807) is 42.5 Å². The molecule has 0 bridgehead atoms. The van der Waals surface area contributed by atoms with E-state index in [-0.39, 0.29) is 16.7 Å². The zero-order chi connectivity index (χ0) is 23.6. The van der Waals surface area contributed by atoms with Gasteiger partial charge in [-0.1, -0.05) is 37.3 Å². The van der Waals surface area contributed by atoms with Gasteiger partial charge in [-0.2, -0.15) is 0 Å². The van der Waals surface area contributed by atoms with Crippen LogP contribution < -0.4 is 11.1 Å². The second-order valence-electron chi connectivity index (χ2n) is 7.99. The number of nitrogens with one attached hydrogen (secondary N) is 1. The molecule has 0 amide bonds. The van der Waals surface area contributed by atoms with Crippen LogP contribution in [0.25, 0.3) is 33.4 Å². The van der Waals surface area contributed by atoms with Gasteiger partial charge in [-0.05, 0) is 53.9 Å². The highest BCUT2D eigenvalue weighted by molar-refractivity contribution is 7.90. The van der Waals surface area contributed by atoms with Gasteiger partial charge in [-0.3, -0.25) is 0 Å². The number of rotatable bonds is 7. The van der Waals surface area contributed by atoms with Crippen molar-refractivity contribution in [1.29, 1.82) is 0 Å². The van der Waals surface area contributed by atoms with Crippen molar-refractivity contribution in [3.05, 3.63) is 66.7 Å². The number of para-hydroxylation sites is 1. The molecule has 0 aliphatic rings. The van der Waals surface area contributed by atoms with Crippen molar-refractivity contribution < 1.29 is 13.5 Å². The van der Waals surface area contributed by atoms with Gasteiger partial charge in [-0.25, -0.2) is 18.4 Å². The lowest BCUT2D eigenvalue weighted by atomic mass is 10.0. The summed E-state index contributed by atoms with van der Waals surface area (Å²) in [6.45, 7) is 2.59. The molecule has 0 saturated carbocycles. The molecular formula is C25H26N4O3S. The molecule has 0 radical (unpaired) electrons. The van der Waals surface area contributed by atoms with Crippen LogP contribution in [0.2, 0.25) is 0 Å². The number of hydrogen-bond donors (Lipinski definition) is 3. The van der Waals surface area contributed by atoms with Gasteiger partial charge in [0.2, 0.25) is 0 Å². The lowest BCUT2D eigenvalue weighted by molar-refractivity contribution is 0.477. The van der Waals surface area contributed by atoms with E-state index in [1.165, 1.54) is 6.26 Å². The molecule has 4 aromatic rings. The molecule has 0 fully saturated rings. The van der Waals surface area contributed by atoms with Crippen LogP contribution in [-0.2, 0) is 9.84 Å². The molecule has 1 unspecified atom stereocenters. The summed E-state index contributed by atoms with van der Waals surface area (Å²) in [6.07, 6.45) is 2.01. The number of fused-ring (bicyclic) bond motifs is 1. The van der Waals surface area contributed by atoms with E-state index in [1.807, 2.05) is 31.2 Å². The lowest BCUT2D eigenvalue weighted by Crippen LogP contribution is -2.28. The normalized spacial score (nSPS) is 12.6. The monoisotopic (exact) mass is 462 g/mol. The van der Waals surface area contributed by atoms with E-state index in [0.717, 1.165) is 28.5 Å². The first-order valence-electron chi connectivity index (χ1n) is 10.7. The molecule has 0 aliphatic carbocycles. The van der Waals surface area contributed by atoms with Crippen molar-refractivity contribution in [3.63, 3.8) is 0 Å². The average Bonchev–Trinajstić information content (AvgIpc) is 2.82. The number of aromatic nitrogens is 2. The largest absolute Gasteiger partial charge is 0.507 e. The van der Waals surface area contributed by atoms with Crippen LogP contribution in [0.5, 0.6) is 5.75 Å². The van der Waals surface area contributed by atoms with E-state index in [4.69, 9.17) is 10.7 Å². The molecule has 170 valence electrons. The number of nitrogens with zero attached hydrogens (tertiary/aromatic N) is 2. The quantitative estimate of drug-likeness (QED) is 0.376. The van der Waals surface area contributed by atoms with Gasteiger partial charge < -0.3 is 16.2 Å². The topological polar surface area (TPSA) is 118 Å². The summed E-state index contributed by atoms with van der Waals surface area (Å²) in [5.74, 6) is 1.09. The van der Waals surface area contributed by atoms with Gasteiger partial charge in [-0.15, -0.1) is 0 Å². The van der Waals surface area contributed by atoms with Crippen molar-refractivity contribution >= 4 is 26.6 Å². The number of phenols is 1. The molecule has 3 aromatic carbocycles. The third kappa shape index (κ3) is 4.97. The van der Waals surface area contributed by atoms with Crippen LogP contribution >= 0.6 is 0 Å². The van der Waals surface area contributed by atoms with E-state index in [0.29, 0.717) is 23.8 Å². The van der Waals surface area contributed by atoms with Gasteiger partial charge in [0.1, 0.15) is 11.6 Å². The third-order valence-electron chi connectivity index (χ3n) is 5.51. The number of sulfone groups is 1. The fourth-order valence-electron chi connectivity index (χ4n) is 3.49. The summed E-state index contributed by atoms with van der Waals surface area (Å²) in [6, 6.07) is 19.5. The summed E-state index contributed by atoms with van der Waals surface area (Å²) < 4.78 is 23.5. The first kappa shape index (κ1) is 22.7. The fourth-order valence-corrected chi connectivity index (χ4v) is 4.12. The van der Waals surface area contributed by atoms with Crippen LogP contribution in [0.3, 0.4) is 0 Å². The maximum absolute atomic E-state index is 11.8. The van der Waals surface area contributed by atoms with Crippen molar-refractivity contribution in [2.24, 2.45) is 5.73 Å². The Bertz CT molecular complexity index is 1400. The first-order chi connectivity index (χ1) is 15.8. The van der Waals surface area contributed by atoms with Gasteiger partial charge in [0.25, 0.3) is 0 Å². The van der Waals surface area contributed by atoms with E-state index < -0.39 is 9.84 Å². The van der Waals surface area contributed by atoms with Crippen LogP contribution in [0.15, 0.2) is 71.6 Å². The number of hydrogen-bond acceptors (Lipinski definition) is 7. The summed E-state index contributed by atoms with van der Waals surface area (Å²) >= 11 is 0. The summed E-state index contributed by atoms with van der Waals surface area (Å²) in [4.78, 5) is 9.63. The van der Waals surface area contributed by atoms with Crippen LogP contribution in [-0.4, -0.2) is 42.3 Å². The van der Waals surface area contributed by atoms with E-state index in [2.05, 4.69) is 10.3 Å². The van der Waals surface area contributed by atoms with Gasteiger partial charge in [0.15, 0.2) is 15.7 Å². The van der Waals surface area contributed by atoms with E-state index >= 15 is 0 Å². The molecule has 7 nitrogen and oxygen atoms in total. The summed E-state index contributed by atoms with van der Waals surface area (Å²) in [5, 5.41) is 14.8. The average molecular weight is 463 g/mol. The van der Waals surface area contributed by atoms with Gasteiger partial charge in [0, 0.05) is 24.2 Å². The number of nitrogens with two attached hydrogens (primary N) is 1. The van der Waals surface area contributed by atoms with Crippen molar-refractivity contribution in [3.8, 4) is 28.3 Å². The maximum Gasteiger partial charge on any atom is 0.175 e. The maximum atomic E-state index is 11.8. The second-order valence-corrected chi connectivity index (χ2v) is 10.0. The Morgan fingerprint density at radius 1 is 1.00 bits per heavy atom. The molecular weight excluding hydrogens is 436 g/mol. The Morgan fingerprint density at radius 3 is 2.39 bits per heavy atom. The fraction of sp³-hybridized carbons (Fsp3) is 0.200. The van der Waals surface area contributed by atoms with Crippen molar-refractivity contribution in [1.82, 2.24) is 9.97 Å². The Kier molecular flexibility index (Phi) is 6.31. The smallest absolute Gasteiger partial charge is 0.175 e. The summed E-state index contributed by atoms with van der Waals surface area (Å²) in [5.41, 5.74) is 8.93. The standard InChI is InChI=1S/C25H26N4O3S/c1-3-18(26)15-27-24-20-6-4-5-7-22(20)28-25(29-24)21-14-17(10-13-23(21)30)16-8-11-19(12-9-16)33(2,31)32/h4-14,18,30H,3,15,26H2,1-2H3,(H,27,28,29). The van der Waals surface area contributed by atoms with Crippen molar-refractivity contribution in [2.45, 2.75) is 24.3 Å². The zero-order valence-electron chi connectivity index (χ0n) is 18.5. The first-order valence-corrected chi connectivity index (χ1v) is 12.6. The van der Waals surface area contributed by atoms with E-state index in [9.17, 15) is 13.5 Å². The molecule has 4 rings (SSSR count). The molecule has 33 heavy (non-hydrogen) atoms.